The van der Waals surface area contributed by atoms with Gasteiger partial charge >= 0.3 is 12.1 Å². The molecule has 0 aliphatic rings. The van der Waals surface area contributed by atoms with E-state index >= 15 is 0 Å². The molecule has 0 spiro atoms. The molecule has 0 fully saturated rings. The summed E-state index contributed by atoms with van der Waals surface area (Å²) in [6.07, 6.45) is -0.0679. The Bertz CT molecular complexity index is 835. The number of carboxylic acid groups (broad SMARTS) is 1. The fourth-order valence-corrected chi connectivity index (χ4v) is 2.38. The third kappa shape index (κ3) is 5.63. The molecular weight excluding hydrogens is 324 g/mol. The molecule has 25 heavy (non-hydrogen) atoms. The maximum absolute atomic E-state index is 11.8. The van der Waals surface area contributed by atoms with E-state index in [4.69, 9.17) is 4.74 Å². The molecule has 3 N–H and O–H groups in total. The summed E-state index contributed by atoms with van der Waals surface area (Å²) >= 11 is 0. The highest BCUT2D eigenvalue weighted by molar-refractivity contribution is 5.80. The first-order chi connectivity index (χ1) is 11.6. The molecule has 1 aromatic carbocycles. The van der Waals surface area contributed by atoms with Crippen molar-refractivity contribution in [1.82, 2.24) is 10.3 Å². The number of ether oxygens (including phenoxy) is 1. The minimum Gasteiger partial charge on any atom is -0.480 e. The van der Waals surface area contributed by atoms with Crippen molar-refractivity contribution in [2.45, 2.75) is 45.3 Å². The lowest BCUT2D eigenvalue weighted by atomic mass is 10.0. The van der Waals surface area contributed by atoms with Crippen molar-refractivity contribution in [3.63, 3.8) is 0 Å². The molecule has 1 heterocycles. The number of hydrogen-bond donors (Lipinski definition) is 3. The molecule has 0 bridgehead atoms. The van der Waals surface area contributed by atoms with E-state index in [9.17, 15) is 19.5 Å². The zero-order chi connectivity index (χ0) is 18.6. The lowest BCUT2D eigenvalue weighted by molar-refractivity contribution is -0.139. The first kappa shape index (κ1) is 18.5. The molecule has 0 aliphatic carbocycles. The zero-order valence-electron chi connectivity index (χ0n) is 14.5. The highest BCUT2D eigenvalue weighted by Gasteiger charge is 2.23. The Morgan fingerprint density at radius 2 is 1.96 bits per heavy atom. The van der Waals surface area contributed by atoms with E-state index in [1.54, 1.807) is 32.9 Å². The van der Waals surface area contributed by atoms with Gasteiger partial charge < -0.3 is 20.1 Å². The predicted octanol–water partition coefficient (Wildman–Crippen LogP) is 2.44. The number of pyridine rings is 1. The van der Waals surface area contributed by atoms with E-state index in [1.165, 1.54) is 6.07 Å². The number of carboxylic acids is 1. The van der Waals surface area contributed by atoms with Crippen LogP contribution in [-0.2, 0) is 16.0 Å². The number of rotatable bonds is 5. The third-order valence-corrected chi connectivity index (χ3v) is 3.50. The van der Waals surface area contributed by atoms with E-state index in [-0.39, 0.29) is 12.0 Å². The minimum atomic E-state index is -1.11. The van der Waals surface area contributed by atoms with Gasteiger partial charge in [-0.3, -0.25) is 4.79 Å². The zero-order valence-corrected chi connectivity index (χ0v) is 14.5. The summed E-state index contributed by atoms with van der Waals surface area (Å²) in [6, 6.07) is 7.61. The van der Waals surface area contributed by atoms with Gasteiger partial charge in [0.15, 0.2) is 0 Å². The lowest BCUT2D eigenvalue weighted by Crippen LogP contribution is -2.43. The predicted molar refractivity (Wildman–Crippen MR) is 93.7 cm³/mol. The highest BCUT2D eigenvalue weighted by atomic mass is 16.6. The van der Waals surface area contributed by atoms with Crippen LogP contribution in [0, 0.1) is 0 Å². The smallest absolute Gasteiger partial charge is 0.408 e. The largest absolute Gasteiger partial charge is 0.480 e. The monoisotopic (exact) mass is 346 g/mol. The molecule has 7 heteroatoms. The van der Waals surface area contributed by atoms with Crippen LogP contribution in [0.4, 0.5) is 4.79 Å². The summed E-state index contributed by atoms with van der Waals surface area (Å²) < 4.78 is 5.09. The fourth-order valence-electron chi connectivity index (χ4n) is 2.38. The number of hydrogen-bond acceptors (Lipinski definition) is 4. The molecule has 2 aromatic rings. The topological polar surface area (TPSA) is 108 Å². The molecule has 0 unspecified atom stereocenters. The quantitative estimate of drug-likeness (QED) is 0.770. The van der Waals surface area contributed by atoms with Crippen molar-refractivity contribution in [3.05, 3.63) is 46.2 Å². The van der Waals surface area contributed by atoms with E-state index < -0.39 is 23.7 Å². The first-order valence-electron chi connectivity index (χ1n) is 7.98. The summed E-state index contributed by atoms with van der Waals surface area (Å²) in [5.41, 5.74) is 0.769. The highest BCUT2D eigenvalue weighted by Crippen LogP contribution is 2.15. The Morgan fingerprint density at radius 3 is 2.60 bits per heavy atom. The molecule has 1 amide bonds. The number of fused-ring (bicyclic) bond motifs is 1. The Hall–Kier alpha value is -2.83. The van der Waals surface area contributed by atoms with Gasteiger partial charge in [0.05, 0.1) is 0 Å². The molecule has 0 saturated carbocycles. The van der Waals surface area contributed by atoms with Crippen LogP contribution in [0.25, 0.3) is 10.9 Å². The van der Waals surface area contributed by atoms with Gasteiger partial charge in [-0.2, -0.15) is 0 Å². The number of carbonyl (C=O) groups is 2. The molecule has 2 rings (SSSR count). The normalized spacial score (nSPS) is 12.6. The number of nitrogens with one attached hydrogen (secondary N) is 2. The number of aromatic amines is 1. The van der Waals surface area contributed by atoms with E-state index in [2.05, 4.69) is 10.3 Å². The molecule has 0 aliphatic heterocycles. The van der Waals surface area contributed by atoms with Crippen LogP contribution in [0.1, 0.15) is 32.8 Å². The Kier molecular flexibility index (Phi) is 5.46. The second kappa shape index (κ2) is 7.38. The van der Waals surface area contributed by atoms with Crippen LogP contribution in [0.2, 0.25) is 0 Å². The minimum absolute atomic E-state index is 0.173. The fraction of sp³-hybridized carbons (Fsp3) is 0.389. The lowest BCUT2D eigenvalue weighted by Gasteiger charge is -2.22. The van der Waals surface area contributed by atoms with Crippen LogP contribution in [-0.4, -0.2) is 33.8 Å². The molecular formula is C18H22N2O5. The van der Waals surface area contributed by atoms with Crippen molar-refractivity contribution in [1.29, 1.82) is 0 Å². The van der Waals surface area contributed by atoms with Crippen LogP contribution in [0.15, 0.2) is 35.1 Å². The Labute approximate surface area is 145 Å². The summed E-state index contributed by atoms with van der Waals surface area (Å²) in [5, 5.41) is 12.5. The second-order valence-electron chi connectivity index (χ2n) is 6.82. The van der Waals surface area contributed by atoms with Crippen molar-refractivity contribution in [2.75, 3.05) is 0 Å². The van der Waals surface area contributed by atoms with Gasteiger partial charge in [0, 0.05) is 11.6 Å². The molecule has 0 saturated heterocycles. The summed E-state index contributed by atoms with van der Waals surface area (Å²) in [7, 11) is 0. The number of benzene rings is 1. The van der Waals surface area contributed by atoms with Gasteiger partial charge in [-0.25, -0.2) is 9.59 Å². The summed E-state index contributed by atoms with van der Waals surface area (Å²) in [5.74, 6) is -1.11. The Balaban J connectivity index is 2.03. The maximum Gasteiger partial charge on any atom is 0.408 e. The van der Waals surface area contributed by atoms with E-state index in [0.717, 1.165) is 16.5 Å². The SMILES string of the molecule is CC(C)(C)OC(=O)N[C@@H](CCc1ccc2[nH]c(=O)ccc2c1)C(=O)O. The number of aryl methyl sites for hydroxylation is 1. The van der Waals surface area contributed by atoms with Gasteiger partial charge in [-0.05, 0) is 62.8 Å². The number of aromatic nitrogens is 1. The van der Waals surface area contributed by atoms with Crippen molar-refractivity contribution in [2.24, 2.45) is 0 Å². The second-order valence-corrected chi connectivity index (χ2v) is 6.82. The molecule has 1 atom stereocenters. The molecule has 0 radical (unpaired) electrons. The van der Waals surface area contributed by atoms with E-state index in [1.807, 2.05) is 12.1 Å². The molecule has 1 aromatic heterocycles. The molecule has 134 valence electrons. The van der Waals surface area contributed by atoms with Crippen LogP contribution >= 0.6 is 0 Å². The number of carbonyl (C=O) groups excluding carboxylic acids is 1. The maximum atomic E-state index is 11.8. The van der Waals surface area contributed by atoms with Gasteiger partial charge in [0.1, 0.15) is 11.6 Å². The Morgan fingerprint density at radius 1 is 1.24 bits per heavy atom. The van der Waals surface area contributed by atoms with Crippen LogP contribution < -0.4 is 10.9 Å². The van der Waals surface area contributed by atoms with Crippen LogP contribution in [0.3, 0.4) is 0 Å². The van der Waals surface area contributed by atoms with Crippen LogP contribution in [0.5, 0.6) is 0 Å². The average Bonchev–Trinajstić information content (AvgIpc) is 2.49. The first-order valence-corrected chi connectivity index (χ1v) is 7.98. The van der Waals surface area contributed by atoms with Gasteiger partial charge in [-0.1, -0.05) is 6.07 Å². The number of alkyl carbamates (subject to hydrolysis) is 1. The summed E-state index contributed by atoms with van der Waals surface area (Å²) in [6.45, 7) is 5.13. The van der Waals surface area contributed by atoms with Gasteiger partial charge in [-0.15, -0.1) is 0 Å². The van der Waals surface area contributed by atoms with Gasteiger partial charge in [0.2, 0.25) is 5.56 Å². The summed E-state index contributed by atoms with van der Waals surface area (Å²) in [4.78, 5) is 37.1. The number of H-pyrrole nitrogens is 1. The van der Waals surface area contributed by atoms with Crippen molar-refractivity contribution >= 4 is 23.0 Å². The van der Waals surface area contributed by atoms with Gasteiger partial charge in [0.25, 0.3) is 0 Å². The standard InChI is InChI=1S/C18H22N2O5/c1-18(2,3)25-17(24)20-14(16(22)23)8-5-11-4-7-13-12(10-11)6-9-15(21)19-13/h4,6-7,9-10,14H,5,8H2,1-3H3,(H,19,21)(H,20,24)(H,22,23)/t14-/m0/s1. The number of amides is 1. The number of aliphatic carboxylic acids is 1. The van der Waals surface area contributed by atoms with Crippen molar-refractivity contribution in [3.8, 4) is 0 Å². The van der Waals surface area contributed by atoms with E-state index in [0.29, 0.717) is 6.42 Å². The van der Waals surface area contributed by atoms with Crippen molar-refractivity contribution < 1.29 is 19.4 Å². The molecule has 7 nitrogen and oxygen atoms in total. The third-order valence-electron chi connectivity index (χ3n) is 3.50. The average molecular weight is 346 g/mol.